The third-order valence-corrected chi connectivity index (χ3v) is 4.26. The highest BCUT2D eigenvalue weighted by molar-refractivity contribution is 5.68. The highest BCUT2D eigenvalue weighted by Gasteiger charge is 2.40. The topological polar surface area (TPSA) is 48.0 Å². The number of nitrogens with zero attached hydrogens (tertiary/aromatic N) is 1. The molecule has 22 heavy (non-hydrogen) atoms. The lowest BCUT2D eigenvalue weighted by Crippen LogP contribution is -2.40. The van der Waals surface area contributed by atoms with Gasteiger partial charge in [0.05, 0.1) is 30.5 Å². The van der Waals surface area contributed by atoms with Crippen molar-refractivity contribution in [1.82, 2.24) is 4.90 Å². The van der Waals surface area contributed by atoms with E-state index in [1.165, 1.54) is 0 Å². The molecule has 5 heteroatoms. The summed E-state index contributed by atoms with van der Waals surface area (Å²) in [5.41, 5.74) is -0.791. The minimum absolute atomic E-state index is 0.0346. The maximum Gasteiger partial charge on any atom is 0.410 e. The van der Waals surface area contributed by atoms with Crippen LogP contribution in [0.25, 0.3) is 0 Å². The second kappa shape index (κ2) is 6.00. The second-order valence-corrected chi connectivity index (χ2v) is 8.45. The molecule has 2 atom stereocenters. The van der Waals surface area contributed by atoms with Gasteiger partial charge >= 0.3 is 6.09 Å². The van der Waals surface area contributed by atoms with Crippen LogP contribution in [0.3, 0.4) is 0 Å². The van der Waals surface area contributed by atoms with E-state index in [0.29, 0.717) is 19.7 Å². The minimum atomic E-state index is -0.458. The summed E-state index contributed by atoms with van der Waals surface area (Å²) in [4.78, 5) is 13.9. The van der Waals surface area contributed by atoms with Crippen LogP contribution in [0, 0.1) is 0 Å². The molecule has 2 fully saturated rings. The van der Waals surface area contributed by atoms with E-state index in [1.807, 2.05) is 20.8 Å². The van der Waals surface area contributed by atoms with Gasteiger partial charge in [0.25, 0.3) is 0 Å². The van der Waals surface area contributed by atoms with Crippen LogP contribution in [-0.2, 0) is 14.2 Å². The van der Waals surface area contributed by atoms with Crippen LogP contribution < -0.4 is 0 Å². The molecule has 5 nitrogen and oxygen atoms in total. The van der Waals surface area contributed by atoms with Gasteiger partial charge in [0, 0.05) is 6.54 Å². The molecule has 0 aromatic heterocycles. The van der Waals surface area contributed by atoms with E-state index < -0.39 is 5.60 Å². The Morgan fingerprint density at radius 1 is 1.27 bits per heavy atom. The third-order valence-electron chi connectivity index (χ3n) is 4.26. The molecule has 0 aromatic rings. The molecule has 0 radical (unpaired) electrons. The Bertz CT molecular complexity index is 415. The summed E-state index contributed by atoms with van der Waals surface area (Å²) in [6.07, 6.45) is 2.86. The fourth-order valence-electron chi connectivity index (χ4n) is 3.02. The number of likely N-dealkylation sites (tertiary alicyclic amines) is 1. The van der Waals surface area contributed by atoms with Crippen molar-refractivity contribution < 1.29 is 19.0 Å². The van der Waals surface area contributed by atoms with Gasteiger partial charge in [-0.05, 0) is 60.8 Å². The molecule has 0 aromatic carbocycles. The second-order valence-electron chi connectivity index (χ2n) is 8.45. The molecular formula is C17H31NO4. The Morgan fingerprint density at radius 3 is 2.50 bits per heavy atom. The monoisotopic (exact) mass is 313 g/mol. The first-order chi connectivity index (χ1) is 9.98. The molecule has 0 aliphatic carbocycles. The predicted molar refractivity (Wildman–Crippen MR) is 85.0 cm³/mol. The summed E-state index contributed by atoms with van der Waals surface area (Å²) in [7, 11) is 0. The van der Waals surface area contributed by atoms with Crippen LogP contribution in [0.5, 0.6) is 0 Å². The first-order valence-electron chi connectivity index (χ1n) is 8.28. The van der Waals surface area contributed by atoms with E-state index in [9.17, 15) is 4.79 Å². The Hall–Kier alpha value is -0.810. The molecule has 0 N–H and O–H groups in total. The molecule has 0 spiro atoms. The van der Waals surface area contributed by atoms with Crippen molar-refractivity contribution in [3.63, 3.8) is 0 Å². The number of ether oxygens (including phenoxy) is 3. The Balaban J connectivity index is 1.79. The number of hydrogen-bond acceptors (Lipinski definition) is 4. The van der Waals surface area contributed by atoms with Gasteiger partial charge in [-0.1, -0.05) is 0 Å². The Kier molecular flexibility index (Phi) is 4.79. The van der Waals surface area contributed by atoms with Crippen molar-refractivity contribution in [3.05, 3.63) is 0 Å². The van der Waals surface area contributed by atoms with Crippen LogP contribution in [0.15, 0.2) is 0 Å². The van der Waals surface area contributed by atoms with Crippen molar-refractivity contribution in [3.8, 4) is 0 Å². The minimum Gasteiger partial charge on any atom is -0.444 e. The van der Waals surface area contributed by atoms with Gasteiger partial charge in [0.1, 0.15) is 5.60 Å². The van der Waals surface area contributed by atoms with Crippen molar-refractivity contribution >= 4 is 6.09 Å². The highest BCUT2D eigenvalue weighted by Crippen LogP contribution is 2.32. The zero-order valence-corrected chi connectivity index (χ0v) is 14.9. The van der Waals surface area contributed by atoms with Gasteiger partial charge in [-0.25, -0.2) is 4.79 Å². The smallest absolute Gasteiger partial charge is 0.410 e. The van der Waals surface area contributed by atoms with E-state index in [4.69, 9.17) is 14.2 Å². The first-order valence-corrected chi connectivity index (χ1v) is 8.28. The van der Waals surface area contributed by atoms with E-state index >= 15 is 0 Å². The lowest BCUT2D eigenvalue weighted by atomic mass is 10.1. The predicted octanol–water partition coefficient (Wildman–Crippen LogP) is 3.36. The molecule has 2 heterocycles. The van der Waals surface area contributed by atoms with E-state index in [1.54, 1.807) is 4.90 Å². The van der Waals surface area contributed by atoms with E-state index in [-0.39, 0.29) is 23.4 Å². The fraction of sp³-hybridized carbons (Fsp3) is 0.941. The first kappa shape index (κ1) is 17.5. The van der Waals surface area contributed by atoms with Crippen molar-refractivity contribution in [2.75, 3.05) is 19.7 Å². The molecule has 2 aliphatic heterocycles. The third kappa shape index (κ3) is 4.85. The molecule has 0 saturated carbocycles. The van der Waals surface area contributed by atoms with Gasteiger partial charge in [-0.2, -0.15) is 0 Å². The van der Waals surface area contributed by atoms with Gasteiger partial charge in [-0.3, -0.25) is 0 Å². The maximum absolute atomic E-state index is 12.1. The van der Waals surface area contributed by atoms with E-state index in [0.717, 1.165) is 19.3 Å². The molecule has 1 amide bonds. The van der Waals surface area contributed by atoms with Gasteiger partial charge in [0.15, 0.2) is 0 Å². The van der Waals surface area contributed by atoms with Gasteiger partial charge < -0.3 is 19.1 Å². The molecule has 2 aliphatic rings. The van der Waals surface area contributed by atoms with E-state index in [2.05, 4.69) is 20.8 Å². The lowest BCUT2D eigenvalue weighted by molar-refractivity contribution is -0.0974. The molecule has 2 unspecified atom stereocenters. The standard InChI is InChI=1S/C17H31NO4/c1-15(2,3)22-14(19)18-10-9-17(6,12-18)20-11-13-7-8-16(4,5)21-13/h13H,7-12H2,1-6H3. The van der Waals surface area contributed by atoms with Gasteiger partial charge in [-0.15, -0.1) is 0 Å². The molecule has 128 valence electrons. The number of amides is 1. The summed E-state index contributed by atoms with van der Waals surface area (Å²) in [6, 6.07) is 0. The molecule has 2 rings (SSSR count). The molecular weight excluding hydrogens is 282 g/mol. The summed E-state index contributed by atoms with van der Waals surface area (Å²) in [5.74, 6) is 0. The Labute approximate surface area is 134 Å². The average molecular weight is 313 g/mol. The number of carbonyl (C=O) groups is 1. The quantitative estimate of drug-likeness (QED) is 0.801. The van der Waals surface area contributed by atoms with Crippen molar-refractivity contribution in [2.45, 2.75) is 83.7 Å². The zero-order valence-electron chi connectivity index (χ0n) is 14.9. The summed E-state index contributed by atoms with van der Waals surface area (Å²) in [6.45, 7) is 13.8. The normalized spacial score (nSPS) is 31.5. The van der Waals surface area contributed by atoms with Crippen molar-refractivity contribution in [2.24, 2.45) is 0 Å². The van der Waals surface area contributed by atoms with Crippen LogP contribution in [0.4, 0.5) is 4.79 Å². The summed E-state index contributed by atoms with van der Waals surface area (Å²) < 4.78 is 17.5. The highest BCUT2D eigenvalue weighted by atomic mass is 16.6. The van der Waals surface area contributed by atoms with Crippen molar-refractivity contribution in [1.29, 1.82) is 0 Å². The average Bonchev–Trinajstić information content (AvgIpc) is 2.89. The van der Waals surface area contributed by atoms with Crippen LogP contribution >= 0.6 is 0 Å². The van der Waals surface area contributed by atoms with Crippen LogP contribution in [-0.4, -0.2) is 53.6 Å². The number of hydrogen-bond donors (Lipinski definition) is 0. The van der Waals surface area contributed by atoms with Gasteiger partial charge in [0.2, 0.25) is 0 Å². The Morgan fingerprint density at radius 2 is 1.95 bits per heavy atom. The van der Waals surface area contributed by atoms with Crippen LogP contribution in [0.1, 0.15) is 60.8 Å². The zero-order chi connectivity index (χ0) is 16.6. The largest absolute Gasteiger partial charge is 0.444 e. The summed E-state index contributed by atoms with van der Waals surface area (Å²) in [5, 5.41) is 0. The lowest BCUT2D eigenvalue weighted by Gasteiger charge is -2.28. The number of rotatable bonds is 3. The number of carbonyl (C=O) groups excluding carboxylic acids is 1. The van der Waals surface area contributed by atoms with Crippen LogP contribution in [0.2, 0.25) is 0 Å². The molecule has 2 saturated heterocycles. The SMILES string of the molecule is CC(C)(C)OC(=O)N1CCC(C)(OCC2CCC(C)(C)O2)C1. The molecule has 0 bridgehead atoms. The summed E-state index contributed by atoms with van der Waals surface area (Å²) >= 11 is 0. The maximum atomic E-state index is 12.1. The fourth-order valence-corrected chi connectivity index (χ4v) is 3.02.